The second kappa shape index (κ2) is 7.58. The normalized spacial score (nSPS) is 20.5. The van der Waals surface area contributed by atoms with Gasteiger partial charge in [-0.15, -0.1) is 0 Å². The predicted molar refractivity (Wildman–Crippen MR) is 112 cm³/mol. The molecule has 1 aromatic heterocycles. The van der Waals surface area contributed by atoms with Crippen LogP contribution in [0, 0.1) is 19.8 Å². The third kappa shape index (κ3) is 3.55. The van der Waals surface area contributed by atoms with E-state index in [4.69, 9.17) is 4.74 Å². The molecule has 0 bridgehead atoms. The molecule has 0 fully saturated rings. The van der Waals surface area contributed by atoms with Gasteiger partial charge in [0.2, 0.25) is 11.9 Å². The molecule has 0 saturated heterocycles. The van der Waals surface area contributed by atoms with Crippen LogP contribution in [0.25, 0.3) is 0 Å². The first-order valence-electron chi connectivity index (χ1n) is 9.66. The molecule has 7 heteroatoms. The molecule has 0 spiro atoms. The SMILES string of the molecule is COc1ccc([C@@H]2[C@@H](C(=O)Nc3ccc(C)cc3C)[C@@H](C)Nc3ncnn32)cc1. The lowest BCUT2D eigenvalue weighted by Crippen LogP contribution is -2.46. The average molecular weight is 391 g/mol. The van der Waals surface area contributed by atoms with Crippen LogP contribution in [0.1, 0.15) is 29.7 Å². The van der Waals surface area contributed by atoms with E-state index in [2.05, 4.69) is 26.8 Å². The summed E-state index contributed by atoms with van der Waals surface area (Å²) in [6.45, 7) is 6.04. The molecule has 0 saturated carbocycles. The number of hydrogen-bond acceptors (Lipinski definition) is 5. The van der Waals surface area contributed by atoms with E-state index in [1.165, 1.54) is 6.33 Å². The van der Waals surface area contributed by atoms with E-state index in [9.17, 15) is 4.79 Å². The standard InChI is InChI=1S/C22H25N5O2/c1-13-5-10-18(14(2)11-13)26-21(28)19-15(3)25-22-23-12-24-27(22)20(19)16-6-8-17(29-4)9-7-16/h5-12,15,19-20H,1-4H3,(H,26,28)(H,23,24,25)/t15-,19+,20-/m1/s1. The number of aromatic nitrogens is 3. The number of benzene rings is 2. The molecule has 3 aromatic rings. The smallest absolute Gasteiger partial charge is 0.232 e. The Morgan fingerprint density at radius 3 is 2.62 bits per heavy atom. The van der Waals surface area contributed by atoms with Crippen molar-refractivity contribution in [2.45, 2.75) is 32.9 Å². The van der Waals surface area contributed by atoms with E-state index in [1.807, 2.05) is 57.2 Å². The molecule has 4 rings (SSSR count). The maximum absolute atomic E-state index is 13.4. The van der Waals surface area contributed by atoms with Crippen LogP contribution < -0.4 is 15.4 Å². The molecule has 7 nitrogen and oxygen atoms in total. The molecular weight excluding hydrogens is 366 g/mol. The van der Waals surface area contributed by atoms with Gasteiger partial charge in [-0.05, 0) is 50.1 Å². The van der Waals surface area contributed by atoms with Gasteiger partial charge in [0.1, 0.15) is 12.1 Å². The van der Waals surface area contributed by atoms with Crippen molar-refractivity contribution in [2.24, 2.45) is 5.92 Å². The summed E-state index contributed by atoms with van der Waals surface area (Å²) < 4.78 is 7.07. The Balaban J connectivity index is 1.71. The molecule has 2 aromatic carbocycles. The zero-order valence-corrected chi connectivity index (χ0v) is 17.0. The minimum Gasteiger partial charge on any atom is -0.497 e. The maximum Gasteiger partial charge on any atom is 0.232 e. The molecule has 0 radical (unpaired) electrons. The topological polar surface area (TPSA) is 81.1 Å². The van der Waals surface area contributed by atoms with Gasteiger partial charge in [0.05, 0.1) is 19.1 Å². The van der Waals surface area contributed by atoms with Crippen molar-refractivity contribution in [3.8, 4) is 5.75 Å². The van der Waals surface area contributed by atoms with Gasteiger partial charge in [0, 0.05) is 11.7 Å². The molecular formula is C22H25N5O2. The number of anilines is 2. The summed E-state index contributed by atoms with van der Waals surface area (Å²) in [5.74, 6) is 0.997. The van der Waals surface area contributed by atoms with Crippen molar-refractivity contribution >= 4 is 17.5 Å². The lowest BCUT2D eigenvalue weighted by Gasteiger charge is -2.37. The first-order valence-corrected chi connectivity index (χ1v) is 9.66. The van der Waals surface area contributed by atoms with E-state index >= 15 is 0 Å². The number of carbonyl (C=O) groups is 1. The van der Waals surface area contributed by atoms with Crippen molar-refractivity contribution in [3.05, 3.63) is 65.5 Å². The number of amides is 1. The Morgan fingerprint density at radius 1 is 1.17 bits per heavy atom. The van der Waals surface area contributed by atoms with Crippen LogP contribution >= 0.6 is 0 Å². The number of ether oxygens (including phenoxy) is 1. The average Bonchev–Trinajstić information content (AvgIpc) is 3.17. The Hall–Kier alpha value is -3.35. The van der Waals surface area contributed by atoms with Gasteiger partial charge in [-0.1, -0.05) is 29.8 Å². The predicted octanol–water partition coefficient (Wildman–Crippen LogP) is 3.56. The first kappa shape index (κ1) is 19.0. The zero-order chi connectivity index (χ0) is 20.5. The number of carbonyl (C=O) groups excluding carboxylic acids is 1. The Morgan fingerprint density at radius 2 is 1.93 bits per heavy atom. The van der Waals surface area contributed by atoms with Crippen LogP contribution in [0.5, 0.6) is 5.75 Å². The summed E-state index contributed by atoms with van der Waals surface area (Å²) >= 11 is 0. The molecule has 1 amide bonds. The highest BCUT2D eigenvalue weighted by atomic mass is 16.5. The van der Waals surface area contributed by atoms with Gasteiger partial charge in [0.15, 0.2) is 0 Å². The number of nitrogens with one attached hydrogen (secondary N) is 2. The quantitative estimate of drug-likeness (QED) is 0.711. The maximum atomic E-state index is 13.4. The fourth-order valence-electron chi connectivity index (χ4n) is 3.97. The molecule has 3 atom stereocenters. The van der Waals surface area contributed by atoms with Crippen molar-refractivity contribution < 1.29 is 9.53 Å². The van der Waals surface area contributed by atoms with Crippen LogP contribution in [0.3, 0.4) is 0 Å². The van der Waals surface area contributed by atoms with E-state index in [-0.39, 0.29) is 23.9 Å². The summed E-state index contributed by atoms with van der Waals surface area (Å²) in [7, 11) is 1.64. The second-order valence-corrected chi connectivity index (χ2v) is 7.51. The molecule has 0 aliphatic carbocycles. The van der Waals surface area contributed by atoms with Crippen molar-refractivity contribution in [1.82, 2.24) is 14.8 Å². The highest BCUT2D eigenvalue weighted by Gasteiger charge is 2.41. The Labute approximate surface area is 170 Å². The van der Waals surface area contributed by atoms with E-state index in [1.54, 1.807) is 11.8 Å². The number of methoxy groups -OCH3 is 1. The number of hydrogen-bond donors (Lipinski definition) is 2. The Kier molecular flexibility index (Phi) is 4.96. The molecule has 1 aliphatic rings. The van der Waals surface area contributed by atoms with Gasteiger partial charge in [-0.25, -0.2) is 4.68 Å². The van der Waals surface area contributed by atoms with Crippen LogP contribution in [-0.4, -0.2) is 33.8 Å². The van der Waals surface area contributed by atoms with Gasteiger partial charge in [0.25, 0.3) is 0 Å². The van der Waals surface area contributed by atoms with Gasteiger partial charge < -0.3 is 15.4 Å². The highest BCUT2D eigenvalue weighted by molar-refractivity contribution is 5.94. The van der Waals surface area contributed by atoms with Gasteiger partial charge in [-0.3, -0.25) is 4.79 Å². The fourth-order valence-corrected chi connectivity index (χ4v) is 3.97. The zero-order valence-electron chi connectivity index (χ0n) is 17.0. The minimum atomic E-state index is -0.377. The number of aryl methyl sites for hydroxylation is 2. The van der Waals surface area contributed by atoms with Gasteiger partial charge in [-0.2, -0.15) is 10.1 Å². The van der Waals surface area contributed by atoms with Crippen LogP contribution in [0.4, 0.5) is 11.6 Å². The highest BCUT2D eigenvalue weighted by Crippen LogP contribution is 2.37. The van der Waals surface area contributed by atoms with E-state index in [0.717, 1.165) is 28.1 Å². The van der Waals surface area contributed by atoms with Crippen LogP contribution in [0.15, 0.2) is 48.8 Å². The summed E-state index contributed by atoms with van der Waals surface area (Å²) in [5.41, 5.74) is 4.01. The number of nitrogens with zero attached hydrogens (tertiary/aromatic N) is 3. The number of rotatable bonds is 4. The molecule has 2 heterocycles. The third-order valence-electron chi connectivity index (χ3n) is 5.47. The van der Waals surface area contributed by atoms with Crippen molar-refractivity contribution in [1.29, 1.82) is 0 Å². The summed E-state index contributed by atoms with van der Waals surface area (Å²) in [4.78, 5) is 17.7. The molecule has 29 heavy (non-hydrogen) atoms. The van der Waals surface area contributed by atoms with Crippen molar-refractivity contribution in [3.63, 3.8) is 0 Å². The molecule has 150 valence electrons. The monoisotopic (exact) mass is 391 g/mol. The molecule has 0 unspecified atom stereocenters. The lowest BCUT2D eigenvalue weighted by molar-refractivity contribution is -0.121. The summed E-state index contributed by atoms with van der Waals surface area (Å²) in [6, 6.07) is 13.4. The van der Waals surface area contributed by atoms with E-state index in [0.29, 0.717) is 5.95 Å². The lowest BCUT2D eigenvalue weighted by atomic mass is 9.85. The number of fused-ring (bicyclic) bond motifs is 1. The molecule has 1 aliphatic heterocycles. The fraction of sp³-hybridized carbons (Fsp3) is 0.318. The summed E-state index contributed by atoms with van der Waals surface area (Å²) in [5, 5.41) is 10.8. The van der Waals surface area contributed by atoms with Crippen LogP contribution in [-0.2, 0) is 4.79 Å². The first-order chi connectivity index (χ1) is 14.0. The summed E-state index contributed by atoms with van der Waals surface area (Å²) in [6.07, 6.45) is 1.51. The largest absolute Gasteiger partial charge is 0.497 e. The van der Waals surface area contributed by atoms with E-state index < -0.39 is 0 Å². The van der Waals surface area contributed by atoms with Crippen molar-refractivity contribution in [2.75, 3.05) is 17.7 Å². The van der Waals surface area contributed by atoms with Crippen LogP contribution in [0.2, 0.25) is 0 Å². The second-order valence-electron chi connectivity index (χ2n) is 7.51. The van der Waals surface area contributed by atoms with Gasteiger partial charge >= 0.3 is 0 Å². The minimum absolute atomic E-state index is 0.0566. The Bertz CT molecular complexity index is 1030. The third-order valence-corrected chi connectivity index (χ3v) is 5.47. The molecule has 2 N–H and O–H groups in total.